The summed E-state index contributed by atoms with van der Waals surface area (Å²) in [4.78, 5) is 0. The molecule has 0 fully saturated rings. The minimum Gasteiger partial charge on any atom is -0.309 e. The summed E-state index contributed by atoms with van der Waals surface area (Å²) in [6, 6.07) is 7.66. The van der Waals surface area contributed by atoms with E-state index >= 15 is 0 Å². The summed E-state index contributed by atoms with van der Waals surface area (Å²) in [7, 11) is 1.73. The fraction of sp³-hybridized carbons (Fsp3) is 0.250. The van der Waals surface area contributed by atoms with Crippen molar-refractivity contribution in [1.82, 2.24) is 5.32 Å². The van der Waals surface area contributed by atoms with E-state index in [4.69, 9.17) is 11.6 Å². The van der Waals surface area contributed by atoms with Crippen LogP contribution in [0.4, 0.5) is 8.78 Å². The summed E-state index contributed by atoms with van der Waals surface area (Å²) >= 11 is 6.12. The number of rotatable bonds is 3. The summed E-state index contributed by atoms with van der Waals surface area (Å²) in [5, 5.41) is 3.67. The van der Waals surface area contributed by atoms with Gasteiger partial charge in [0.15, 0.2) is 0 Å². The van der Waals surface area contributed by atoms with E-state index in [1.807, 2.05) is 19.1 Å². The van der Waals surface area contributed by atoms with Crippen molar-refractivity contribution in [2.24, 2.45) is 0 Å². The van der Waals surface area contributed by atoms with Crippen molar-refractivity contribution in [3.05, 3.63) is 69.2 Å². The van der Waals surface area contributed by atoms with Crippen molar-refractivity contribution in [3.63, 3.8) is 0 Å². The second kappa shape index (κ2) is 5.90. The number of hydrogen-bond donors (Lipinski definition) is 1. The Kier molecular flexibility index (Phi) is 4.41. The lowest BCUT2D eigenvalue weighted by Crippen LogP contribution is -2.19. The van der Waals surface area contributed by atoms with E-state index in [9.17, 15) is 8.78 Å². The standard InChI is InChI=1S/C16H16ClF2N/c1-9-4-5-11(7-13(9)17)16(20-3)12-6-10(2)14(18)8-15(12)19/h4-8,16,20H,1-3H3. The third-order valence-electron chi connectivity index (χ3n) is 3.41. The highest BCUT2D eigenvalue weighted by atomic mass is 35.5. The maximum atomic E-state index is 14.0. The monoisotopic (exact) mass is 295 g/mol. The molecule has 0 aliphatic heterocycles. The zero-order chi connectivity index (χ0) is 14.9. The lowest BCUT2D eigenvalue weighted by atomic mass is 9.96. The molecule has 1 atom stereocenters. The SMILES string of the molecule is CNC(c1ccc(C)c(Cl)c1)c1cc(C)c(F)cc1F. The number of nitrogens with one attached hydrogen (secondary N) is 1. The summed E-state index contributed by atoms with van der Waals surface area (Å²) in [6.45, 7) is 3.52. The van der Waals surface area contributed by atoms with Gasteiger partial charge in [0.1, 0.15) is 11.6 Å². The second-order valence-electron chi connectivity index (χ2n) is 4.85. The van der Waals surface area contributed by atoms with Crippen LogP contribution in [0.5, 0.6) is 0 Å². The lowest BCUT2D eigenvalue weighted by Gasteiger charge is -2.19. The highest BCUT2D eigenvalue weighted by molar-refractivity contribution is 6.31. The zero-order valence-corrected chi connectivity index (χ0v) is 12.4. The number of aryl methyl sites for hydroxylation is 2. The van der Waals surface area contributed by atoms with E-state index in [0.29, 0.717) is 16.1 Å². The Morgan fingerprint density at radius 2 is 1.70 bits per heavy atom. The van der Waals surface area contributed by atoms with E-state index in [-0.39, 0.29) is 6.04 Å². The first-order valence-corrected chi connectivity index (χ1v) is 6.70. The third-order valence-corrected chi connectivity index (χ3v) is 3.81. The van der Waals surface area contributed by atoms with Crippen molar-refractivity contribution < 1.29 is 8.78 Å². The zero-order valence-electron chi connectivity index (χ0n) is 11.6. The first kappa shape index (κ1) is 14.9. The van der Waals surface area contributed by atoms with Crippen LogP contribution in [0.15, 0.2) is 30.3 Å². The maximum absolute atomic E-state index is 14.0. The highest BCUT2D eigenvalue weighted by Crippen LogP contribution is 2.29. The molecular formula is C16H16ClF2N. The predicted molar refractivity (Wildman–Crippen MR) is 78.2 cm³/mol. The fourth-order valence-electron chi connectivity index (χ4n) is 2.19. The Balaban J connectivity index is 2.52. The van der Waals surface area contributed by atoms with Crippen LogP contribution in [0, 0.1) is 25.5 Å². The topological polar surface area (TPSA) is 12.0 Å². The first-order valence-electron chi connectivity index (χ1n) is 6.33. The number of halogens is 3. The van der Waals surface area contributed by atoms with E-state index < -0.39 is 11.6 Å². The average Bonchev–Trinajstić information content (AvgIpc) is 2.40. The molecule has 1 nitrogen and oxygen atoms in total. The molecule has 20 heavy (non-hydrogen) atoms. The Morgan fingerprint density at radius 1 is 1.00 bits per heavy atom. The molecule has 0 saturated carbocycles. The molecule has 0 aliphatic rings. The van der Waals surface area contributed by atoms with Gasteiger partial charge in [-0.2, -0.15) is 0 Å². The molecule has 0 aliphatic carbocycles. The van der Waals surface area contributed by atoms with Gasteiger partial charge < -0.3 is 5.32 Å². The molecule has 0 spiro atoms. The minimum absolute atomic E-state index is 0.368. The Hall–Kier alpha value is -1.45. The van der Waals surface area contributed by atoms with E-state index in [1.54, 1.807) is 20.0 Å². The van der Waals surface area contributed by atoms with Gasteiger partial charge in [-0.1, -0.05) is 23.7 Å². The Bertz CT molecular complexity index is 641. The van der Waals surface area contributed by atoms with Crippen molar-refractivity contribution in [2.45, 2.75) is 19.9 Å². The minimum atomic E-state index is -0.566. The quantitative estimate of drug-likeness (QED) is 0.876. The van der Waals surface area contributed by atoms with E-state index in [1.165, 1.54) is 6.07 Å². The van der Waals surface area contributed by atoms with Crippen molar-refractivity contribution >= 4 is 11.6 Å². The summed E-state index contributed by atoms with van der Waals surface area (Å²) in [5.41, 5.74) is 2.63. The van der Waals surface area contributed by atoms with Crippen LogP contribution in [-0.2, 0) is 0 Å². The normalized spacial score (nSPS) is 12.5. The van der Waals surface area contributed by atoms with Crippen molar-refractivity contribution in [3.8, 4) is 0 Å². The highest BCUT2D eigenvalue weighted by Gasteiger charge is 2.18. The van der Waals surface area contributed by atoms with E-state index in [2.05, 4.69) is 5.32 Å². The fourth-order valence-corrected chi connectivity index (χ4v) is 2.38. The van der Waals surface area contributed by atoms with Crippen LogP contribution in [0.1, 0.15) is 28.3 Å². The third kappa shape index (κ3) is 2.84. The van der Waals surface area contributed by atoms with Gasteiger partial charge in [-0.3, -0.25) is 0 Å². The molecule has 0 bridgehead atoms. The molecule has 0 radical (unpaired) electrons. The maximum Gasteiger partial charge on any atom is 0.131 e. The summed E-state index contributed by atoms with van der Waals surface area (Å²) < 4.78 is 27.4. The smallest absolute Gasteiger partial charge is 0.131 e. The molecule has 0 saturated heterocycles. The van der Waals surface area contributed by atoms with Crippen molar-refractivity contribution in [1.29, 1.82) is 0 Å². The Labute approximate surface area is 122 Å². The largest absolute Gasteiger partial charge is 0.309 e. The number of benzene rings is 2. The Morgan fingerprint density at radius 3 is 2.30 bits per heavy atom. The number of hydrogen-bond acceptors (Lipinski definition) is 1. The second-order valence-corrected chi connectivity index (χ2v) is 5.26. The van der Waals surface area contributed by atoms with Gasteiger partial charge in [-0.05, 0) is 49.7 Å². The summed E-state index contributed by atoms with van der Waals surface area (Å²) in [5.74, 6) is -1.10. The predicted octanol–water partition coefficient (Wildman–Crippen LogP) is 4.54. The molecule has 0 heterocycles. The molecule has 106 valence electrons. The van der Waals surface area contributed by atoms with Gasteiger partial charge >= 0.3 is 0 Å². The molecule has 2 aromatic rings. The van der Waals surface area contributed by atoms with Crippen LogP contribution in [-0.4, -0.2) is 7.05 Å². The van der Waals surface area contributed by atoms with Gasteiger partial charge in [-0.15, -0.1) is 0 Å². The van der Waals surface area contributed by atoms with Gasteiger partial charge in [0.25, 0.3) is 0 Å². The molecule has 2 rings (SSSR count). The van der Waals surface area contributed by atoms with Crippen LogP contribution < -0.4 is 5.32 Å². The summed E-state index contributed by atoms with van der Waals surface area (Å²) in [6.07, 6.45) is 0. The van der Waals surface area contributed by atoms with Gasteiger partial charge in [-0.25, -0.2) is 8.78 Å². The molecule has 0 amide bonds. The molecule has 1 N–H and O–H groups in total. The molecule has 1 unspecified atom stereocenters. The van der Waals surface area contributed by atoms with Crippen LogP contribution in [0.3, 0.4) is 0 Å². The molecule has 0 aromatic heterocycles. The molecule has 2 aromatic carbocycles. The van der Waals surface area contributed by atoms with Gasteiger partial charge in [0.2, 0.25) is 0 Å². The van der Waals surface area contributed by atoms with E-state index in [0.717, 1.165) is 17.2 Å². The lowest BCUT2D eigenvalue weighted by molar-refractivity contribution is 0.547. The first-order chi connectivity index (χ1) is 9.43. The van der Waals surface area contributed by atoms with Gasteiger partial charge in [0.05, 0.1) is 6.04 Å². The van der Waals surface area contributed by atoms with Crippen LogP contribution in [0.25, 0.3) is 0 Å². The average molecular weight is 296 g/mol. The molecular weight excluding hydrogens is 280 g/mol. The van der Waals surface area contributed by atoms with Crippen LogP contribution >= 0.6 is 11.6 Å². The van der Waals surface area contributed by atoms with Crippen molar-refractivity contribution in [2.75, 3.05) is 7.05 Å². The van der Waals surface area contributed by atoms with Crippen LogP contribution in [0.2, 0.25) is 5.02 Å². The van der Waals surface area contributed by atoms with Gasteiger partial charge in [0, 0.05) is 16.7 Å². The molecule has 4 heteroatoms.